The molecule has 23 heavy (non-hydrogen) atoms. The van der Waals surface area contributed by atoms with Crippen LogP contribution in [-0.4, -0.2) is 33.6 Å². The molecule has 136 valence electrons. The van der Waals surface area contributed by atoms with Crippen LogP contribution in [0.1, 0.15) is 64.7 Å². The van der Waals surface area contributed by atoms with Gasteiger partial charge in [-0.15, -0.1) is 0 Å². The third kappa shape index (κ3) is 12.9. The van der Waals surface area contributed by atoms with E-state index in [0.29, 0.717) is 5.57 Å². The summed E-state index contributed by atoms with van der Waals surface area (Å²) in [6.45, 7) is 7.58. The van der Waals surface area contributed by atoms with Gasteiger partial charge in [0.15, 0.2) is 0 Å². The van der Waals surface area contributed by atoms with Gasteiger partial charge in [0.2, 0.25) is 5.12 Å². The summed E-state index contributed by atoms with van der Waals surface area (Å²) in [5.74, 6) is 0.938. The summed E-state index contributed by atoms with van der Waals surface area (Å²) in [6.07, 6.45) is 11.5. The predicted octanol–water partition coefficient (Wildman–Crippen LogP) is 5.70. The molecule has 0 heterocycles. The first-order chi connectivity index (χ1) is 10.9. The molecule has 0 fully saturated rings. The zero-order valence-electron chi connectivity index (χ0n) is 15.6. The Hall–Kier alpha value is -0.103. The van der Waals surface area contributed by atoms with E-state index in [1.807, 2.05) is 0 Å². The average molecular weight is 361 g/mol. The van der Waals surface area contributed by atoms with Crippen LogP contribution in [0.25, 0.3) is 0 Å². The number of unbranched alkanes of at least 4 members (excludes halogenated alkanes) is 8. The van der Waals surface area contributed by atoms with E-state index in [1.165, 1.54) is 63.1 Å². The number of carbonyl (C=O) groups is 1. The second-order valence-corrected chi connectivity index (χ2v) is 11.0. The molecule has 0 aliphatic carbocycles. The number of thioether (sulfide) groups is 1. The van der Waals surface area contributed by atoms with E-state index in [9.17, 15) is 4.79 Å². The Labute approximate surface area is 148 Å². The van der Waals surface area contributed by atoms with Gasteiger partial charge in [0.05, 0.1) is 0 Å². The Morgan fingerprint density at radius 2 is 1.35 bits per heavy atom. The van der Waals surface area contributed by atoms with Gasteiger partial charge in [-0.3, -0.25) is 4.79 Å². The minimum absolute atomic E-state index is 0.145. The van der Waals surface area contributed by atoms with Gasteiger partial charge < -0.3 is 8.85 Å². The summed E-state index contributed by atoms with van der Waals surface area (Å²) in [4.78, 5) is 11.4. The van der Waals surface area contributed by atoms with Gasteiger partial charge in [-0.2, -0.15) is 0 Å². The first kappa shape index (κ1) is 22.9. The zero-order chi connectivity index (χ0) is 17.6. The molecule has 0 unspecified atom stereocenters. The largest absolute Gasteiger partial charge is 0.398 e. The lowest BCUT2D eigenvalue weighted by Gasteiger charge is -2.22. The smallest absolute Gasteiger partial charge is 0.334 e. The van der Waals surface area contributed by atoms with Crippen molar-refractivity contribution in [1.29, 1.82) is 0 Å². The van der Waals surface area contributed by atoms with Crippen LogP contribution in [0.5, 0.6) is 0 Å². The van der Waals surface area contributed by atoms with Crippen molar-refractivity contribution >= 4 is 25.4 Å². The number of hydrogen-bond donors (Lipinski definition) is 0. The standard InChI is InChI=1S/C18H36O3SSi/c1-17(2)18(19)22-15-13-11-9-7-6-8-10-12-14-16-23(5,20-3)21-4/h1,6-16H2,2-5H3. The molecule has 0 N–H and O–H groups in total. The highest BCUT2D eigenvalue weighted by atomic mass is 32.2. The maximum Gasteiger partial charge on any atom is 0.334 e. The molecular formula is C18H36O3SSi. The predicted molar refractivity (Wildman–Crippen MR) is 104 cm³/mol. The molecule has 0 saturated carbocycles. The molecule has 0 aromatic heterocycles. The van der Waals surface area contributed by atoms with E-state index in [4.69, 9.17) is 8.85 Å². The SMILES string of the molecule is C=C(C)C(=O)SCCCCCCCCCCC[Si](C)(OC)OC. The van der Waals surface area contributed by atoms with Crippen molar-refractivity contribution in [3.63, 3.8) is 0 Å². The molecule has 0 atom stereocenters. The van der Waals surface area contributed by atoms with Crippen LogP contribution in [0.4, 0.5) is 0 Å². The monoisotopic (exact) mass is 360 g/mol. The maximum absolute atomic E-state index is 11.4. The first-order valence-corrected chi connectivity index (χ1v) is 12.4. The van der Waals surface area contributed by atoms with E-state index in [1.54, 1.807) is 21.1 Å². The third-order valence-corrected chi connectivity index (χ3v) is 8.31. The van der Waals surface area contributed by atoms with Gasteiger partial charge in [0, 0.05) is 20.0 Å². The van der Waals surface area contributed by atoms with Crippen LogP contribution < -0.4 is 0 Å². The molecule has 0 aromatic rings. The van der Waals surface area contributed by atoms with Gasteiger partial charge in [0.1, 0.15) is 0 Å². The topological polar surface area (TPSA) is 35.5 Å². The summed E-state index contributed by atoms with van der Waals surface area (Å²) in [7, 11) is 1.70. The molecule has 0 aliphatic rings. The number of hydrogen-bond acceptors (Lipinski definition) is 4. The lowest BCUT2D eigenvalue weighted by atomic mass is 10.1. The van der Waals surface area contributed by atoms with E-state index in [-0.39, 0.29) is 5.12 Å². The molecule has 0 rings (SSSR count). The van der Waals surface area contributed by atoms with Gasteiger partial charge in [-0.05, 0) is 31.5 Å². The Bertz CT molecular complexity index is 330. The molecule has 0 spiro atoms. The van der Waals surface area contributed by atoms with E-state index in [0.717, 1.165) is 18.2 Å². The van der Waals surface area contributed by atoms with Gasteiger partial charge >= 0.3 is 8.56 Å². The Kier molecular flexibility index (Phi) is 14.2. The van der Waals surface area contributed by atoms with Crippen molar-refractivity contribution in [3.05, 3.63) is 12.2 Å². The fraction of sp³-hybridized carbons (Fsp3) is 0.833. The molecular weight excluding hydrogens is 324 g/mol. The summed E-state index contributed by atoms with van der Waals surface area (Å²) in [5.41, 5.74) is 0.661. The van der Waals surface area contributed by atoms with Crippen LogP contribution in [0.15, 0.2) is 12.2 Å². The molecule has 0 aromatic carbocycles. The summed E-state index contributed by atoms with van der Waals surface area (Å²) in [5, 5.41) is 0.145. The Balaban J connectivity index is 3.28. The van der Waals surface area contributed by atoms with Crippen LogP contribution in [0, 0.1) is 0 Å². The molecule has 0 amide bonds. The minimum Gasteiger partial charge on any atom is -0.398 e. The van der Waals surface area contributed by atoms with Crippen molar-refractivity contribution in [2.45, 2.75) is 77.3 Å². The fourth-order valence-electron chi connectivity index (χ4n) is 2.36. The maximum atomic E-state index is 11.4. The Morgan fingerprint density at radius 1 is 0.913 bits per heavy atom. The summed E-state index contributed by atoms with van der Waals surface area (Å²) < 4.78 is 11.0. The quantitative estimate of drug-likeness (QED) is 0.213. The van der Waals surface area contributed by atoms with Crippen molar-refractivity contribution < 1.29 is 13.6 Å². The second-order valence-electron chi connectivity index (χ2n) is 6.39. The van der Waals surface area contributed by atoms with Gasteiger partial charge in [-0.1, -0.05) is 69.7 Å². The van der Waals surface area contributed by atoms with Gasteiger partial charge in [-0.25, -0.2) is 0 Å². The highest BCUT2D eigenvalue weighted by Crippen LogP contribution is 2.18. The summed E-state index contributed by atoms with van der Waals surface area (Å²) in [6, 6.07) is 1.10. The number of rotatable bonds is 15. The zero-order valence-corrected chi connectivity index (χ0v) is 17.4. The fourth-order valence-corrected chi connectivity index (χ4v) is 4.61. The van der Waals surface area contributed by atoms with E-state index < -0.39 is 8.56 Å². The average Bonchev–Trinajstić information content (AvgIpc) is 2.55. The molecule has 0 aliphatic heterocycles. The Morgan fingerprint density at radius 3 is 1.78 bits per heavy atom. The normalized spacial score (nSPS) is 11.7. The lowest BCUT2D eigenvalue weighted by Crippen LogP contribution is -2.35. The number of carbonyl (C=O) groups excluding carboxylic acids is 1. The lowest BCUT2D eigenvalue weighted by molar-refractivity contribution is -0.107. The molecule has 0 radical (unpaired) electrons. The van der Waals surface area contributed by atoms with E-state index >= 15 is 0 Å². The first-order valence-electron chi connectivity index (χ1n) is 8.88. The van der Waals surface area contributed by atoms with Crippen LogP contribution in [-0.2, 0) is 13.6 Å². The van der Waals surface area contributed by atoms with Crippen LogP contribution in [0.3, 0.4) is 0 Å². The van der Waals surface area contributed by atoms with Crippen molar-refractivity contribution in [2.75, 3.05) is 20.0 Å². The molecule has 0 saturated heterocycles. The second kappa shape index (κ2) is 14.3. The van der Waals surface area contributed by atoms with Crippen LogP contribution in [0.2, 0.25) is 12.6 Å². The van der Waals surface area contributed by atoms with Gasteiger partial charge in [0.25, 0.3) is 0 Å². The molecule has 0 bridgehead atoms. The van der Waals surface area contributed by atoms with Crippen molar-refractivity contribution in [1.82, 2.24) is 0 Å². The third-order valence-electron chi connectivity index (χ3n) is 4.22. The molecule has 5 heteroatoms. The highest BCUT2D eigenvalue weighted by Gasteiger charge is 2.27. The summed E-state index contributed by atoms with van der Waals surface area (Å²) >= 11 is 1.41. The highest BCUT2D eigenvalue weighted by molar-refractivity contribution is 8.14. The minimum atomic E-state index is -1.84. The van der Waals surface area contributed by atoms with Crippen molar-refractivity contribution in [2.24, 2.45) is 0 Å². The van der Waals surface area contributed by atoms with E-state index in [2.05, 4.69) is 13.1 Å². The van der Waals surface area contributed by atoms with Crippen LogP contribution >= 0.6 is 11.8 Å². The van der Waals surface area contributed by atoms with Crippen molar-refractivity contribution in [3.8, 4) is 0 Å². The molecule has 3 nitrogen and oxygen atoms in total.